The highest BCUT2D eigenvalue weighted by Crippen LogP contribution is 1.89. The van der Waals surface area contributed by atoms with Crippen LogP contribution in [0.4, 0.5) is 0 Å². The Hall–Kier alpha value is -0.360. The molecule has 1 unspecified atom stereocenters. The monoisotopic (exact) mass is 210 g/mol. The molecule has 0 spiro atoms. The van der Waals surface area contributed by atoms with Crippen LogP contribution in [0.2, 0.25) is 0 Å². The highest BCUT2D eigenvalue weighted by atomic mass is 32.2. The predicted molar refractivity (Wildman–Crippen MR) is 54.0 cm³/mol. The van der Waals surface area contributed by atoms with Crippen LogP contribution >= 0.6 is 12.2 Å². The number of sulfone groups is 1. The van der Waals surface area contributed by atoms with Gasteiger partial charge in [0, 0.05) is 19.3 Å². The van der Waals surface area contributed by atoms with Crippen molar-refractivity contribution in [3.63, 3.8) is 0 Å². The SMILES string of the molecule is CNC(=S)NC(C)CS(C)(=O)=O. The lowest BCUT2D eigenvalue weighted by Gasteiger charge is -2.13. The number of thiocarbonyl (C=S) groups is 1. The van der Waals surface area contributed by atoms with Crippen molar-refractivity contribution in [2.24, 2.45) is 0 Å². The Bertz CT molecular complexity index is 248. The van der Waals surface area contributed by atoms with Crippen molar-refractivity contribution in [1.29, 1.82) is 0 Å². The van der Waals surface area contributed by atoms with Gasteiger partial charge in [-0.05, 0) is 19.1 Å². The molecule has 72 valence electrons. The maximum Gasteiger partial charge on any atom is 0.166 e. The highest BCUT2D eigenvalue weighted by molar-refractivity contribution is 7.90. The molecular formula is C6H14N2O2S2. The van der Waals surface area contributed by atoms with E-state index in [4.69, 9.17) is 12.2 Å². The lowest BCUT2D eigenvalue weighted by Crippen LogP contribution is -2.41. The highest BCUT2D eigenvalue weighted by Gasteiger charge is 2.10. The molecule has 0 aromatic carbocycles. The smallest absolute Gasteiger partial charge is 0.166 e. The predicted octanol–water partition coefficient (Wildman–Crippen LogP) is -0.487. The third-order valence-electron chi connectivity index (χ3n) is 1.16. The lowest BCUT2D eigenvalue weighted by atomic mass is 10.4. The molecule has 0 saturated carbocycles. The fourth-order valence-electron chi connectivity index (χ4n) is 0.792. The van der Waals surface area contributed by atoms with E-state index in [1.54, 1.807) is 14.0 Å². The molecule has 0 aromatic rings. The quantitative estimate of drug-likeness (QED) is 0.616. The van der Waals surface area contributed by atoms with Gasteiger partial charge in [0.2, 0.25) is 0 Å². The molecule has 0 aliphatic carbocycles. The summed E-state index contributed by atoms with van der Waals surface area (Å²) in [5.74, 6) is 0.0921. The van der Waals surface area contributed by atoms with Crippen molar-refractivity contribution >= 4 is 27.2 Å². The minimum Gasteiger partial charge on any atom is -0.366 e. The number of hydrogen-bond acceptors (Lipinski definition) is 3. The van der Waals surface area contributed by atoms with Gasteiger partial charge in [0.05, 0.1) is 5.75 Å². The number of hydrogen-bond donors (Lipinski definition) is 2. The van der Waals surface area contributed by atoms with E-state index in [0.29, 0.717) is 5.11 Å². The minimum absolute atomic E-state index is 0.0921. The molecular weight excluding hydrogens is 196 g/mol. The van der Waals surface area contributed by atoms with Gasteiger partial charge in [-0.3, -0.25) is 0 Å². The first kappa shape index (κ1) is 11.6. The van der Waals surface area contributed by atoms with Crippen molar-refractivity contribution in [1.82, 2.24) is 10.6 Å². The van der Waals surface area contributed by atoms with Gasteiger partial charge >= 0.3 is 0 Å². The van der Waals surface area contributed by atoms with Crippen molar-refractivity contribution in [3.8, 4) is 0 Å². The van der Waals surface area contributed by atoms with E-state index >= 15 is 0 Å². The molecule has 0 saturated heterocycles. The van der Waals surface area contributed by atoms with Crippen LogP contribution in [0.5, 0.6) is 0 Å². The molecule has 0 aliphatic heterocycles. The molecule has 0 bridgehead atoms. The van der Waals surface area contributed by atoms with Gasteiger partial charge in [0.25, 0.3) is 0 Å². The fraction of sp³-hybridized carbons (Fsp3) is 0.833. The fourth-order valence-corrected chi connectivity index (χ4v) is 1.98. The second-order valence-electron chi connectivity index (χ2n) is 2.72. The van der Waals surface area contributed by atoms with Gasteiger partial charge in [-0.25, -0.2) is 8.42 Å². The van der Waals surface area contributed by atoms with Gasteiger partial charge < -0.3 is 10.6 Å². The Labute approximate surface area is 78.6 Å². The zero-order valence-electron chi connectivity index (χ0n) is 7.42. The summed E-state index contributed by atoms with van der Waals surface area (Å²) in [5, 5.41) is 6.00. The molecule has 0 rings (SSSR count). The van der Waals surface area contributed by atoms with Crippen LogP contribution in [0, 0.1) is 0 Å². The average Bonchev–Trinajstić information content (AvgIpc) is 1.82. The number of nitrogens with one attached hydrogen (secondary N) is 2. The molecule has 2 N–H and O–H groups in total. The molecule has 0 fully saturated rings. The van der Waals surface area contributed by atoms with E-state index in [1.807, 2.05) is 0 Å². The summed E-state index contributed by atoms with van der Waals surface area (Å²) in [6.45, 7) is 1.77. The van der Waals surface area contributed by atoms with E-state index in [1.165, 1.54) is 6.26 Å². The van der Waals surface area contributed by atoms with Crippen molar-refractivity contribution < 1.29 is 8.42 Å². The molecule has 0 radical (unpaired) electrons. The minimum atomic E-state index is -2.93. The largest absolute Gasteiger partial charge is 0.366 e. The Morgan fingerprint density at radius 3 is 2.42 bits per heavy atom. The second kappa shape index (κ2) is 4.61. The Morgan fingerprint density at radius 1 is 1.58 bits per heavy atom. The van der Waals surface area contributed by atoms with Crippen LogP contribution in [0.1, 0.15) is 6.92 Å². The normalized spacial score (nSPS) is 13.6. The molecule has 0 heterocycles. The van der Waals surface area contributed by atoms with Crippen LogP contribution in [-0.4, -0.2) is 38.6 Å². The van der Waals surface area contributed by atoms with E-state index in [2.05, 4.69) is 10.6 Å². The Balaban J connectivity index is 3.91. The van der Waals surface area contributed by atoms with Crippen molar-refractivity contribution in [3.05, 3.63) is 0 Å². The second-order valence-corrected chi connectivity index (χ2v) is 5.31. The maximum absolute atomic E-state index is 10.8. The summed E-state index contributed by atoms with van der Waals surface area (Å²) in [4.78, 5) is 0. The summed E-state index contributed by atoms with van der Waals surface area (Å²) >= 11 is 4.80. The van der Waals surface area contributed by atoms with Gasteiger partial charge in [-0.1, -0.05) is 0 Å². The summed E-state index contributed by atoms with van der Waals surface area (Å²) in [7, 11) is -1.24. The van der Waals surface area contributed by atoms with Crippen LogP contribution in [0.15, 0.2) is 0 Å². The molecule has 12 heavy (non-hydrogen) atoms. The third kappa shape index (κ3) is 6.36. The first-order valence-electron chi connectivity index (χ1n) is 3.51. The molecule has 0 amide bonds. The van der Waals surface area contributed by atoms with Crippen LogP contribution in [-0.2, 0) is 9.84 Å². The van der Waals surface area contributed by atoms with Gasteiger partial charge in [-0.15, -0.1) is 0 Å². The van der Waals surface area contributed by atoms with Crippen LogP contribution in [0.25, 0.3) is 0 Å². The summed E-state index contributed by atoms with van der Waals surface area (Å²) in [6, 6.07) is -0.153. The van der Waals surface area contributed by atoms with E-state index < -0.39 is 9.84 Å². The molecule has 0 aliphatic rings. The van der Waals surface area contributed by atoms with Crippen LogP contribution < -0.4 is 10.6 Å². The van der Waals surface area contributed by atoms with Gasteiger partial charge in [0.1, 0.15) is 9.84 Å². The zero-order chi connectivity index (χ0) is 9.78. The summed E-state index contributed by atoms with van der Waals surface area (Å²) < 4.78 is 21.6. The van der Waals surface area contributed by atoms with E-state index in [-0.39, 0.29) is 11.8 Å². The third-order valence-corrected chi connectivity index (χ3v) is 2.58. The van der Waals surface area contributed by atoms with Gasteiger partial charge in [0.15, 0.2) is 5.11 Å². The van der Waals surface area contributed by atoms with Crippen molar-refractivity contribution in [2.45, 2.75) is 13.0 Å². The molecule has 0 aromatic heterocycles. The lowest BCUT2D eigenvalue weighted by molar-refractivity contribution is 0.590. The van der Waals surface area contributed by atoms with Gasteiger partial charge in [-0.2, -0.15) is 0 Å². The van der Waals surface area contributed by atoms with Crippen molar-refractivity contribution in [2.75, 3.05) is 19.1 Å². The Morgan fingerprint density at radius 2 is 2.08 bits per heavy atom. The topological polar surface area (TPSA) is 58.2 Å². The Kier molecular flexibility index (Phi) is 4.47. The first-order chi connectivity index (χ1) is 5.35. The standard InChI is InChI=1S/C6H14N2O2S2/c1-5(4-12(3,9)10)8-6(11)7-2/h5H,4H2,1-3H3,(H2,7,8,11). The molecule has 6 heteroatoms. The number of rotatable bonds is 3. The van der Waals surface area contributed by atoms with E-state index in [9.17, 15) is 8.42 Å². The van der Waals surface area contributed by atoms with E-state index in [0.717, 1.165) is 0 Å². The summed E-state index contributed by atoms with van der Waals surface area (Å²) in [5.41, 5.74) is 0. The maximum atomic E-state index is 10.8. The summed E-state index contributed by atoms with van der Waals surface area (Å²) in [6.07, 6.45) is 1.20. The first-order valence-corrected chi connectivity index (χ1v) is 5.98. The average molecular weight is 210 g/mol. The van der Waals surface area contributed by atoms with Crippen LogP contribution in [0.3, 0.4) is 0 Å². The zero-order valence-corrected chi connectivity index (χ0v) is 9.05. The molecule has 4 nitrogen and oxygen atoms in total. The molecule has 1 atom stereocenters.